The van der Waals surface area contributed by atoms with Crippen molar-refractivity contribution in [3.63, 3.8) is 0 Å². The number of rotatable bonds is 17. The van der Waals surface area contributed by atoms with Gasteiger partial charge >= 0.3 is 25.0 Å². The van der Waals surface area contributed by atoms with Gasteiger partial charge in [-0.3, -0.25) is 27.9 Å². The smallest absolute Gasteiger partial charge is 0.463 e. The maximum atomic E-state index is 14.6. The largest absolute Gasteiger partial charge is 0.498 e. The van der Waals surface area contributed by atoms with Crippen molar-refractivity contribution in [2.24, 2.45) is 0 Å². The van der Waals surface area contributed by atoms with E-state index in [9.17, 15) is 24.0 Å². The summed E-state index contributed by atoms with van der Waals surface area (Å²) < 4.78 is 45.2. The van der Waals surface area contributed by atoms with Gasteiger partial charge in [-0.2, -0.15) is 0 Å². The molecule has 2 N–H and O–H groups in total. The van der Waals surface area contributed by atoms with E-state index >= 15 is 0 Å². The number of halogens is 2. The average Bonchev–Trinajstić information content (AvgIpc) is 1.38. The van der Waals surface area contributed by atoms with Crippen LogP contribution in [0.1, 0.15) is 161 Å². The Bertz CT molecular complexity index is 5670. The van der Waals surface area contributed by atoms with Crippen LogP contribution in [-0.2, 0) is 33.0 Å². The normalized spacial score (nSPS) is 16.2. The molecule has 32 nitrogen and oxygen atoms in total. The fraction of sp³-hybridized carbons (Fsp3) is 0.321. The first-order valence-electron chi connectivity index (χ1n) is 36.4. The standard InChI is InChI=1S/C33H31N9O4.C27H26ClN7O2.C12H17BN2O4.C6H5BrN2O2/c1-3-23(39-28-27-31(37-18-36-28)41(19-38-27)25-14-7-8-15-46-25)30-40-24-13-9-12-22(20-16-34-29(35-17-20)33(44)45-2)26(24)32(43)42(30)21-10-5-4-6-11-21;1-2-19(32-24-23-26(30-15-29-24)34(16-31-23)21-13-6-7-14-37-21)25-33-20-12-8-11-18(28)22(20)27(36)35(25)17-9-4-3-5-10-17;1-11(2)12(3,4)19-13(18-11)8-6-14-9(15-7-8)10(16)17-5;1-11-6(10)5-8-2-4(7)3-9-5/h4-6,9-13,16-19,23,25H,3,7-8,14-15H2,1-2H3,(H,36,37,39);3-5,8-12,15-16,19,21H,2,6-7,13-14H2,1H3,(H,29,30,32);6-7H,1-5H3;2-3H,1H3/t23-,25?;19-,21?;;/m00../s1. The third-order valence-corrected chi connectivity index (χ3v) is 20.1. The minimum absolute atomic E-state index is 0.0165. The van der Waals surface area contributed by atoms with Crippen LogP contribution in [0.2, 0.25) is 5.02 Å². The first-order chi connectivity index (χ1) is 54.7. The highest BCUT2D eigenvalue weighted by molar-refractivity contribution is 9.10. The quantitative estimate of drug-likeness (QED) is 0.0486. The molecule has 13 aromatic rings. The maximum absolute atomic E-state index is 14.6. The number of nitrogens with one attached hydrogen (secondary N) is 2. The molecule has 3 aliphatic heterocycles. The van der Waals surface area contributed by atoms with E-state index in [4.69, 9.17) is 45.1 Å². The molecule has 0 spiro atoms. The van der Waals surface area contributed by atoms with Gasteiger partial charge in [0.2, 0.25) is 17.5 Å². The molecule has 4 atom stereocenters. The summed E-state index contributed by atoms with van der Waals surface area (Å²) in [4.78, 5) is 123. The lowest BCUT2D eigenvalue weighted by Crippen LogP contribution is -2.41. The van der Waals surface area contributed by atoms with E-state index in [2.05, 4.69) is 95.8 Å². The number of methoxy groups -OCH3 is 3. The van der Waals surface area contributed by atoms with Crippen LogP contribution < -0.4 is 27.2 Å². The van der Waals surface area contributed by atoms with E-state index < -0.39 is 42.3 Å². The molecule has 0 amide bonds. The molecular formula is C78H79BBrClN20O12. The number of carbonyl (C=O) groups excluding carboxylic acids is 3. The van der Waals surface area contributed by atoms with Gasteiger partial charge in [0.25, 0.3) is 11.1 Å². The SMILES string of the molecule is CC[C@H](Nc1ncnc2c1ncn2C1CCCCO1)c1nc2cccc(-c3cnc(C(=O)OC)nc3)c2c(=O)n1-c1ccccc1.CC[C@H](Nc1ncnc2c1ncn2C1CCCCO1)c1nc2cccc(Cl)c2c(=O)n1-c1ccccc1.COC(=O)c1ncc(B2OC(C)(C)C(C)(C)O2)cn1.COC(=O)c1ncc(Br)cn1. The molecule has 580 valence electrons. The third kappa shape index (κ3) is 17.2. The van der Waals surface area contributed by atoms with Crippen LogP contribution in [0.15, 0.2) is 174 Å². The van der Waals surface area contributed by atoms with Crippen molar-refractivity contribution < 1.29 is 47.4 Å². The van der Waals surface area contributed by atoms with Crippen molar-refractivity contribution in [3.05, 3.63) is 219 Å². The van der Waals surface area contributed by atoms with Crippen LogP contribution in [0.3, 0.4) is 0 Å². The molecule has 0 radical (unpaired) electrons. The minimum atomic E-state index is -0.643. The van der Waals surface area contributed by atoms with E-state index in [0.717, 1.165) is 49.6 Å². The summed E-state index contributed by atoms with van der Waals surface area (Å²) in [6.45, 7) is 13.4. The molecule has 0 aliphatic carbocycles. The number of para-hydroxylation sites is 2. The fourth-order valence-electron chi connectivity index (χ4n) is 12.9. The van der Waals surface area contributed by atoms with Crippen LogP contribution in [0, 0.1) is 0 Å². The zero-order valence-electron chi connectivity index (χ0n) is 63.2. The minimum Gasteiger partial charge on any atom is -0.463 e. The van der Waals surface area contributed by atoms with E-state index in [1.54, 1.807) is 33.9 Å². The molecular weight excluding hydrogens is 1540 g/mol. The number of hydrogen-bond donors (Lipinski definition) is 2. The number of esters is 3. The predicted octanol–water partition coefficient (Wildman–Crippen LogP) is 12.1. The van der Waals surface area contributed by atoms with E-state index in [-0.39, 0.29) is 47.1 Å². The summed E-state index contributed by atoms with van der Waals surface area (Å²) >= 11 is 9.58. The number of imidazole rings is 2. The molecule has 12 heterocycles. The number of nitrogens with zero attached hydrogens (tertiary/aromatic N) is 18. The summed E-state index contributed by atoms with van der Waals surface area (Å²) in [7, 11) is 3.31. The zero-order chi connectivity index (χ0) is 79.5. The summed E-state index contributed by atoms with van der Waals surface area (Å²) in [5, 5.41) is 8.18. The summed E-state index contributed by atoms with van der Waals surface area (Å²) in [6, 6.07) is 28.9. The maximum Gasteiger partial charge on any atom is 0.498 e. The van der Waals surface area contributed by atoms with Gasteiger partial charge in [-0.05, 0) is 143 Å². The average molecular weight is 1610 g/mol. The van der Waals surface area contributed by atoms with Gasteiger partial charge in [-0.15, -0.1) is 0 Å². The molecule has 2 unspecified atom stereocenters. The number of carbonyl (C=O) groups is 3. The van der Waals surface area contributed by atoms with Crippen molar-refractivity contribution in [1.29, 1.82) is 0 Å². The van der Waals surface area contributed by atoms with Crippen LogP contribution in [0.4, 0.5) is 11.6 Å². The highest BCUT2D eigenvalue weighted by Crippen LogP contribution is 2.38. The lowest BCUT2D eigenvalue weighted by atomic mass is 9.81. The summed E-state index contributed by atoms with van der Waals surface area (Å²) in [5.74, 6) is 0.466. The first-order valence-corrected chi connectivity index (χ1v) is 37.6. The number of hydrogen-bond acceptors (Lipinski definition) is 28. The van der Waals surface area contributed by atoms with Crippen molar-refractivity contribution in [3.8, 4) is 22.5 Å². The summed E-state index contributed by atoms with van der Waals surface area (Å²) in [6.07, 6.45) is 22.7. The van der Waals surface area contributed by atoms with Gasteiger partial charge in [0.05, 0.1) is 99.9 Å². The molecule has 9 aromatic heterocycles. The first kappa shape index (κ1) is 79.3. The fourth-order valence-corrected chi connectivity index (χ4v) is 13.3. The Morgan fingerprint density at radius 3 is 1.40 bits per heavy atom. The van der Waals surface area contributed by atoms with E-state index in [1.807, 2.05) is 136 Å². The van der Waals surface area contributed by atoms with Crippen LogP contribution >= 0.6 is 27.5 Å². The van der Waals surface area contributed by atoms with Crippen molar-refractivity contribution in [1.82, 2.24) is 88.0 Å². The Labute approximate surface area is 660 Å². The summed E-state index contributed by atoms with van der Waals surface area (Å²) in [5.41, 5.74) is 5.59. The Morgan fingerprint density at radius 2 is 0.965 bits per heavy atom. The Kier molecular flexibility index (Phi) is 24.7. The van der Waals surface area contributed by atoms with Gasteiger partial charge in [0, 0.05) is 61.4 Å². The molecule has 3 saturated heterocycles. The Morgan fingerprint density at radius 1 is 0.540 bits per heavy atom. The van der Waals surface area contributed by atoms with Gasteiger partial charge in [-0.25, -0.2) is 84.2 Å². The second-order valence-corrected chi connectivity index (χ2v) is 28.4. The van der Waals surface area contributed by atoms with Crippen LogP contribution in [0.5, 0.6) is 0 Å². The number of fused-ring (bicyclic) bond motifs is 4. The molecule has 3 fully saturated rings. The molecule has 3 aliphatic rings. The van der Waals surface area contributed by atoms with Gasteiger partial charge in [-0.1, -0.05) is 80.0 Å². The molecule has 0 bridgehead atoms. The lowest BCUT2D eigenvalue weighted by Gasteiger charge is -2.32. The lowest BCUT2D eigenvalue weighted by molar-refractivity contribution is -0.0299. The van der Waals surface area contributed by atoms with Gasteiger partial charge < -0.3 is 43.6 Å². The van der Waals surface area contributed by atoms with Crippen molar-refractivity contribution >= 4 is 114 Å². The van der Waals surface area contributed by atoms with Crippen molar-refractivity contribution in [2.45, 2.75) is 129 Å². The Hall–Kier alpha value is -11.8. The highest BCUT2D eigenvalue weighted by Gasteiger charge is 2.52. The molecule has 16 rings (SSSR count). The second kappa shape index (κ2) is 35.3. The molecule has 35 heteroatoms. The van der Waals surface area contributed by atoms with Crippen LogP contribution in [-0.4, -0.2) is 159 Å². The molecule has 0 saturated carbocycles. The third-order valence-electron chi connectivity index (χ3n) is 19.4. The monoisotopic (exact) mass is 1610 g/mol. The number of anilines is 2. The zero-order valence-corrected chi connectivity index (χ0v) is 65.5. The van der Waals surface area contributed by atoms with Crippen LogP contribution in [0.25, 0.3) is 66.6 Å². The predicted molar refractivity (Wildman–Crippen MR) is 424 cm³/mol. The molecule has 4 aromatic carbocycles. The topological polar surface area (TPSA) is 374 Å². The van der Waals surface area contributed by atoms with Crippen molar-refractivity contribution in [2.75, 3.05) is 45.2 Å². The highest BCUT2D eigenvalue weighted by atomic mass is 79.9. The number of ether oxygens (including phenoxy) is 5. The van der Waals surface area contributed by atoms with Gasteiger partial charge in [0.1, 0.15) is 36.8 Å². The van der Waals surface area contributed by atoms with Gasteiger partial charge in [0.15, 0.2) is 34.0 Å². The Balaban J connectivity index is 0.000000147. The van der Waals surface area contributed by atoms with E-state index in [0.29, 0.717) is 120 Å². The number of aromatic nitrogens is 18. The second-order valence-electron chi connectivity index (χ2n) is 27.1. The number of benzene rings is 4. The van der Waals surface area contributed by atoms with E-state index in [1.165, 1.54) is 71.2 Å². The molecule has 113 heavy (non-hydrogen) atoms.